The zero-order chi connectivity index (χ0) is 9.26. The molecule has 0 aliphatic carbocycles. The van der Waals surface area contributed by atoms with Crippen molar-refractivity contribution in [1.29, 1.82) is 0 Å². The fourth-order valence-corrected chi connectivity index (χ4v) is 2.18. The van der Waals surface area contributed by atoms with E-state index >= 15 is 0 Å². The lowest BCUT2D eigenvalue weighted by Crippen LogP contribution is -1.84. The van der Waals surface area contributed by atoms with Gasteiger partial charge in [-0.25, -0.2) is 0 Å². The number of anilines is 1. The third-order valence-corrected chi connectivity index (χ3v) is 2.95. The van der Waals surface area contributed by atoms with Gasteiger partial charge in [0, 0.05) is 26.9 Å². The second-order valence-corrected chi connectivity index (χ2v) is 3.87. The van der Waals surface area contributed by atoms with Crippen LogP contribution in [0.15, 0.2) is 35.0 Å². The van der Waals surface area contributed by atoms with E-state index in [1.54, 1.807) is 11.3 Å². The smallest absolute Gasteiger partial charge is 0.0503 e. The van der Waals surface area contributed by atoms with E-state index in [2.05, 4.69) is 0 Å². The molecule has 1 nitrogen and oxygen atoms in total. The summed E-state index contributed by atoms with van der Waals surface area (Å²) in [4.78, 5) is 0. The summed E-state index contributed by atoms with van der Waals surface area (Å²) in [6.07, 6.45) is 0. The highest BCUT2D eigenvalue weighted by Crippen LogP contribution is 2.33. The number of nitrogen functional groups attached to an aromatic ring is 1. The van der Waals surface area contributed by atoms with E-state index in [0.29, 0.717) is 0 Å². The van der Waals surface area contributed by atoms with E-state index in [4.69, 9.17) is 17.3 Å². The van der Waals surface area contributed by atoms with Crippen LogP contribution >= 0.6 is 22.9 Å². The quantitative estimate of drug-likeness (QED) is 0.763. The van der Waals surface area contributed by atoms with Gasteiger partial charge in [0.1, 0.15) is 0 Å². The van der Waals surface area contributed by atoms with Crippen molar-refractivity contribution in [2.45, 2.75) is 0 Å². The molecule has 0 atom stereocenters. The van der Waals surface area contributed by atoms with Crippen LogP contribution in [0.25, 0.3) is 11.1 Å². The van der Waals surface area contributed by atoms with Gasteiger partial charge >= 0.3 is 0 Å². The van der Waals surface area contributed by atoms with Crippen molar-refractivity contribution >= 4 is 28.6 Å². The predicted octanol–water partition coefficient (Wildman–Crippen LogP) is 3.65. The molecule has 0 spiro atoms. The first kappa shape index (κ1) is 8.60. The van der Waals surface area contributed by atoms with E-state index in [1.807, 2.05) is 35.0 Å². The topological polar surface area (TPSA) is 26.0 Å². The fraction of sp³-hybridized carbons (Fsp3) is 0. The Kier molecular flexibility index (Phi) is 2.25. The molecule has 0 radical (unpaired) electrons. The number of rotatable bonds is 1. The van der Waals surface area contributed by atoms with Crippen molar-refractivity contribution in [2.75, 3.05) is 5.73 Å². The first-order valence-electron chi connectivity index (χ1n) is 3.85. The normalized spacial score (nSPS) is 10.2. The Balaban J connectivity index is 2.59. The summed E-state index contributed by atoms with van der Waals surface area (Å²) in [7, 11) is 0. The molecule has 1 heterocycles. The fourth-order valence-electron chi connectivity index (χ4n) is 1.21. The summed E-state index contributed by atoms with van der Waals surface area (Å²) in [5.41, 5.74) is 8.61. The van der Waals surface area contributed by atoms with E-state index in [-0.39, 0.29) is 0 Å². The first-order valence-corrected chi connectivity index (χ1v) is 5.17. The van der Waals surface area contributed by atoms with E-state index < -0.39 is 0 Å². The summed E-state index contributed by atoms with van der Waals surface area (Å²) in [6.45, 7) is 0. The average molecular weight is 210 g/mol. The van der Waals surface area contributed by atoms with Crippen molar-refractivity contribution in [3.8, 4) is 11.1 Å². The van der Waals surface area contributed by atoms with Gasteiger partial charge < -0.3 is 5.73 Å². The molecular formula is C10H8ClNS. The van der Waals surface area contributed by atoms with E-state index in [1.165, 1.54) is 0 Å². The molecule has 13 heavy (non-hydrogen) atoms. The molecule has 2 rings (SSSR count). The van der Waals surface area contributed by atoms with Gasteiger partial charge in [0.05, 0.1) is 5.69 Å². The number of benzene rings is 1. The van der Waals surface area contributed by atoms with Gasteiger partial charge in [-0.15, -0.1) is 11.3 Å². The largest absolute Gasteiger partial charge is 0.398 e. The molecule has 3 heteroatoms. The molecule has 0 amide bonds. The molecule has 66 valence electrons. The van der Waals surface area contributed by atoms with E-state index in [9.17, 15) is 0 Å². The molecule has 0 saturated carbocycles. The minimum atomic E-state index is 0.743. The Bertz CT molecular complexity index is 422. The summed E-state index contributed by atoms with van der Waals surface area (Å²) in [5, 5.41) is 4.67. The van der Waals surface area contributed by atoms with Gasteiger partial charge in [-0.1, -0.05) is 29.8 Å². The van der Waals surface area contributed by atoms with Gasteiger partial charge in [0.2, 0.25) is 0 Å². The van der Waals surface area contributed by atoms with Crippen LogP contribution in [0, 0.1) is 0 Å². The van der Waals surface area contributed by atoms with Crippen molar-refractivity contribution in [3.63, 3.8) is 0 Å². The van der Waals surface area contributed by atoms with Gasteiger partial charge in [-0.05, 0) is 6.07 Å². The lowest BCUT2D eigenvalue weighted by atomic mass is 10.1. The molecule has 0 bridgehead atoms. The minimum absolute atomic E-state index is 0.743. The summed E-state index contributed by atoms with van der Waals surface area (Å²) < 4.78 is 0. The van der Waals surface area contributed by atoms with E-state index in [0.717, 1.165) is 21.8 Å². The maximum absolute atomic E-state index is 6.04. The lowest BCUT2D eigenvalue weighted by Gasteiger charge is -2.01. The standard InChI is InChI=1S/C10H8ClNS/c11-9-4-2-1-3-7(9)8-5-13-6-10(8)12/h1-6H,12H2. The molecular weight excluding hydrogens is 202 g/mol. The summed E-state index contributed by atoms with van der Waals surface area (Å²) in [5.74, 6) is 0. The van der Waals surface area contributed by atoms with Crippen LogP contribution in [-0.2, 0) is 0 Å². The number of hydrogen-bond acceptors (Lipinski definition) is 2. The van der Waals surface area contributed by atoms with Crippen molar-refractivity contribution < 1.29 is 0 Å². The molecule has 0 fully saturated rings. The van der Waals surface area contributed by atoms with Crippen LogP contribution in [0.3, 0.4) is 0 Å². The molecule has 2 N–H and O–H groups in total. The minimum Gasteiger partial charge on any atom is -0.398 e. The maximum Gasteiger partial charge on any atom is 0.0503 e. The molecule has 0 aliphatic heterocycles. The Morgan fingerprint density at radius 1 is 1.08 bits per heavy atom. The molecule has 0 saturated heterocycles. The van der Waals surface area contributed by atoms with Gasteiger partial charge in [-0.2, -0.15) is 0 Å². The molecule has 2 aromatic rings. The first-order chi connectivity index (χ1) is 6.29. The Morgan fingerprint density at radius 3 is 2.46 bits per heavy atom. The second kappa shape index (κ2) is 3.40. The zero-order valence-corrected chi connectivity index (χ0v) is 8.40. The lowest BCUT2D eigenvalue weighted by molar-refractivity contribution is 1.67. The highest BCUT2D eigenvalue weighted by molar-refractivity contribution is 7.08. The highest BCUT2D eigenvalue weighted by atomic mass is 35.5. The van der Waals surface area contributed by atoms with Crippen LogP contribution in [0.1, 0.15) is 0 Å². The van der Waals surface area contributed by atoms with Crippen LogP contribution in [-0.4, -0.2) is 0 Å². The Morgan fingerprint density at radius 2 is 1.85 bits per heavy atom. The summed E-state index contributed by atoms with van der Waals surface area (Å²) in [6, 6.07) is 7.71. The average Bonchev–Trinajstić information content (AvgIpc) is 2.52. The highest BCUT2D eigenvalue weighted by Gasteiger charge is 2.05. The molecule has 1 aromatic heterocycles. The maximum atomic E-state index is 6.04. The Labute approximate surface area is 85.8 Å². The predicted molar refractivity (Wildman–Crippen MR) is 59.2 cm³/mol. The third kappa shape index (κ3) is 1.55. The van der Waals surface area contributed by atoms with Crippen molar-refractivity contribution in [1.82, 2.24) is 0 Å². The molecule has 0 aliphatic rings. The second-order valence-electron chi connectivity index (χ2n) is 2.72. The third-order valence-electron chi connectivity index (χ3n) is 1.86. The monoisotopic (exact) mass is 209 g/mol. The number of hydrogen-bond donors (Lipinski definition) is 1. The molecule has 0 unspecified atom stereocenters. The van der Waals surface area contributed by atoms with Gasteiger partial charge in [0.25, 0.3) is 0 Å². The van der Waals surface area contributed by atoms with Gasteiger partial charge in [-0.3, -0.25) is 0 Å². The SMILES string of the molecule is Nc1cscc1-c1ccccc1Cl. The van der Waals surface area contributed by atoms with Crippen LogP contribution in [0.5, 0.6) is 0 Å². The number of nitrogens with two attached hydrogens (primary N) is 1. The number of thiophene rings is 1. The van der Waals surface area contributed by atoms with Crippen LogP contribution < -0.4 is 5.73 Å². The molecule has 1 aromatic carbocycles. The number of halogens is 1. The van der Waals surface area contributed by atoms with Crippen molar-refractivity contribution in [3.05, 3.63) is 40.0 Å². The van der Waals surface area contributed by atoms with Crippen LogP contribution in [0.2, 0.25) is 5.02 Å². The zero-order valence-electron chi connectivity index (χ0n) is 6.83. The Hall–Kier alpha value is -0.990. The summed E-state index contributed by atoms with van der Waals surface area (Å²) >= 11 is 7.62. The van der Waals surface area contributed by atoms with Crippen LogP contribution in [0.4, 0.5) is 5.69 Å². The van der Waals surface area contributed by atoms with Gasteiger partial charge in [0.15, 0.2) is 0 Å². The van der Waals surface area contributed by atoms with Crippen molar-refractivity contribution in [2.24, 2.45) is 0 Å².